The van der Waals surface area contributed by atoms with Gasteiger partial charge in [0, 0.05) is 12.7 Å². The third-order valence-electron chi connectivity index (χ3n) is 2.61. The van der Waals surface area contributed by atoms with Gasteiger partial charge in [-0.3, -0.25) is 0 Å². The molecule has 1 aliphatic heterocycles. The van der Waals surface area contributed by atoms with Crippen molar-refractivity contribution in [3.63, 3.8) is 0 Å². The van der Waals surface area contributed by atoms with Crippen molar-refractivity contribution in [1.82, 2.24) is 10.3 Å². The van der Waals surface area contributed by atoms with Crippen molar-refractivity contribution in [1.29, 1.82) is 5.26 Å². The molecule has 1 unspecified atom stereocenters. The molecule has 0 aromatic carbocycles. The van der Waals surface area contributed by atoms with Gasteiger partial charge in [0.15, 0.2) is 14.9 Å². The maximum atomic E-state index is 12.1. The zero-order chi connectivity index (χ0) is 11.6. The van der Waals surface area contributed by atoms with Crippen LogP contribution in [0.15, 0.2) is 23.4 Å². The number of pyridine rings is 1. The van der Waals surface area contributed by atoms with Crippen LogP contribution in [0.2, 0.25) is 0 Å². The molecule has 0 radical (unpaired) electrons. The number of nitriles is 1. The van der Waals surface area contributed by atoms with Crippen LogP contribution in [0.25, 0.3) is 0 Å². The highest BCUT2D eigenvalue weighted by atomic mass is 32.2. The highest BCUT2D eigenvalue weighted by Crippen LogP contribution is 2.18. The van der Waals surface area contributed by atoms with E-state index < -0.39 is 15.1 Å². The van der Waals surface area contributed by atoms with E-state index in [1.54, 1.807) is 0 Å². The van der Waals surface area contributed by atoms with E-state index in [0.29, 0.717) is 25.1 Å². The number of sulfone groups is 1. The Kier molecular flexibility index (Phi) is 2.90. The second-order valence-electron chi connectivity index (χ2n) is 3.65. The van der Waals surface area contributed by atoms with Crippen LogP contribution in [0.4, 0.5) is 0 Å². The summed E-state index contributed by atoms with van der Waals surface area (Å²) < 4.78 is 24.2. The Morgan fingerprint density at radius 1 is 1.56 bits per heavy atom. The van der Waals surface area contributed by atoms with Gasteiger partial charge in [-0.15, -0.1) is 0 Å². The Labute approximate surface area is 94.0 Å². The first-order chi connectivity index (χ1) is 7.64. The topological polar surface area (TPSA) is 82.8 Å². The van der Waals surface area contributed by atoms with Crippen molar-refractivity contribution >= 4 is 9.84 Å². The molecule has 1 atom stereocenters. The summed E-state index contributed by atoms with van der Waals surface area (Å²) in [6.45, 7) is 1.17. The van der Waals surface area contributed by atoms with Gasteiger partial charge in [0.1, 0.15) is 0 Å². The molecule has 6 heteroatoms. The molecular weight excluding hydrogens is 226 g/mol. The molecular formula is C10H11N3O2S. The summed E-state index contributed by atoms with van der Waals surface area (Å²) >= 11 is 0. The second kappa shape index (κ2) is 4.20. The summed E-state index contributed by atoms with van der Waals surface area (Å²) in [6, 6.07) is 4.73. The summed E-state index contributed by atoms with van der Waals surface area (Å²) in [5, 5.41) is 11.3. The minimum atomic E-state index is -3.40. The summed E-state index contributed by atoms with van der Waals surface area (Å²) in [5.41, 5.74) is 0.319. The van der Waals surface area contributed by atoms with Crippen LogP contribution >= 0.6 is 0 Å². The van der Waals surface area contributed by atoms with Crippen molar-refractivity contribution in [2.24, 2.45) is 0 Å². The third-order valence-corrected chi connectivity index (χ3v) is 4.70. The van der Waals surface area contributed by atoms with E-state index in [4.69, 9.17) is 5.26 Å². The van der Waals surface area contributed by atoms with Gasteiger partial charge in [-0.1, -0.05) is 0 Å². The van der Waals surface area contributed by atoms with Gasteiger partial charge in [-0.2, -0.15) is 5.26 Å². The Morgan fingerprint density at radius 3 is 3.00 bits per heavy atom. The largest absolute Gasteiger partial charge is 0.315 e. The van der Waals surface area contributed by atoms with Crippen LogP contribution in [0.3, 0.4) is 0 Å². The minimum absolute atomic E-state index is 0.000231. The lowest BCUT2D eigenvalue weighted by Gasteiger charge is -2.09. The molecule has 1 N–H and O–H groups in total. The van der Waals surface area contributed by atoms with Crippen molar-refractivity contribution in [2.75, 3.05) is 13.1 Å². The van der Waals surface area contributed by atoms with E-state index in [-0.39, 0.29) is 5.03 Å². The first-order valence-electron chi connectivity index (χ1n) is 4.95. The Bertz CT molecular complexity index is 527. The fraction of sp³-hybridized carbons (Fsp3) is 0.400. The molecule has 1 aliphatic rings. The molecule has 1 saturated heterocycles. The molecule has 2 rings (SSSR count). The Morgan fingerprint density at radius 2 is 2.38 bits per heavy atom. The lowest BCUT2D eigenvalue weighted by molar-refractivity contribution is 0.579. The molecule has 1 fully saturated rings. The van der Waals surface area contributed by atoms with Crippen LogP contribution in [-0.4, -0.2) is 31.7 Å². The average Bonchev–Trinajstić information content (AvgIpc) is 2.83. The van der Waals surface area contributed by atoms with Crippen molar-refractivity contribution < 1.29 is 8.42 Å². The maximum absolute atomic E-state index is 12.1. The molecule has 2 heterocycles. The van der Waals surface area contributed by atoms with E-state index in [2.05, 4.69) is 10.3 Å². The molecule has 0 amide bonds. The molecule has 0 saturated carbocycles. The Hall–Kier alpha value is -1.45. The van der Waals surface area contributed by atoms with Crippen molar-refractivity contribution in [3.8, 4) is 6.07 Å². The SMILES string of the molecule is N#Cc1ccnc(S(=O)(=O)C2CCNC2)c1. The van der Waals surface area contributed by atoms with Crippen molar-refractivity contribution in [3.05, 3.63) is 23.9 Å². The monoisotopic (exact) mass is 237 g/mol. The van der Waals surface area contributed by atoms with Gasteiger partial charge in [-0.05, 0) is 25.1 Å². The maximum Gasteiger partial charge on any atom is 0.199 e. The van der Waals surface area contributed by atoms with E-state index in [0.717, 1.165) is 0 Å². The first kappa shape index (κ1) is 11.0. The summed E-state index contributed by atoms with van der Waals surface area (Å²) in [4.78, 5) is 3.84. The fourth-order valence-electron chi connectivity index (χ4n) is 1.70. The van der Waals surface area contributed by atoms with E-state index in [9.17, 15) is 8.42 Å². The lowest BCUT2D eigenvalue weighted by atomic mass is 10.3. The number of rotatable bonds is 2. The van der Waals surface area contributed by atoms with E-state index >= 15 is 0 Å². The third kappa shape index (κ3) is 1.92. The number of hydrogen-bond acceptors (Lipinski definition) is 5. The fourth-order valence-corrected chi connectivity index (χ4v) is 3.30. The molecule has 5 nitrogen and oxygen atoms in total. The molecule has 1 aromatic rings. The quantitative estimate of drug-likeness (QED) is 0.788. The molecule has 0 spiro atoms. The lowest BCUT2D eigenvalue weighted by Crippen LogP contribution is -2.24. The first-order valence-corrected chi connectivity index (χ1v) is 6.50. The van der Waals surface area contributed by atoms with Gasteiger partial charge < -0.3 is 5.32 Å². The summed E-state index contributed by atoms with van der Waals surface area (Å²) in [6.07, 6.45) is 1.95. The molecule has 16 heavy (non-hydrogen) atoms. The average molecular weight is 237 g/mol. The van der Waals surface area contributed by atoms with Gasteiger partial charge in [-0.25, -0.2) is 13.4 Å². The zero-order valence-electron chi connectivity index (χ0n) is 8.55. The minimum Gasteiger partial charge on any atom is -0.315 e. The van der Waals surface area contributed by atoms with Crippen LogP contribution in [0.1, 0.15) is 12.0 Å². The molecule has 1 aromatic heterocycles. The van der Waals surface area contributed by atoms with E-state index in [1.807, 2.05) is 6.07 Å². The standard InChI is InChI=1S/C10H11N3O2S/c11-6-8-1-4-13-10(5-8)16(14,15)9-2-3-12-7-9/h1,4-5,9,12H,2-3,7H2. The molecule has 0 bridgehead atoms. The second-order valence-corrected chi connectivity index (χ2v) is 5.83. The summed E-state index contributed by atoms with van der Waals surface area (Å²) in [5.74, 6) is 0. The van der Waals surface area contributed by atoms with Crippen LogP contribution in [-0.2, 0) is 9.84 Å². The number of nitrogens with zero attached hydrogens (tertiary/aromatic N) is 2. The predicted molar refractivity (Wildman–Crippen MR) is 57.4 cm³/mol. The van der Waals surface area contributed by atoms with Crippen LogP contribution in [0, 0.1) is 11.3 Å². The van der Waals surface area contributed by atoms with Gasteiger partial charge in [0.25, 0.3) is 0 Å². The normalized spacial score (nSPS) is 20.6. The number of aromatic nitrogens is 1. The van der Waals surface area contributed by atoms with Crippen molar-refractivity contribution in [2.45, 2.75) is 16.7 Å². The van der Waals surface area contributed by atoms with Gasteiger partial charge in [0.05, 0.1) is 16.9 Å². The van der Waals surface area contributed by atoms with E-state index in [1.165, 1.54) is 18.3 Å². The Balaban J connectivity index is 2.39. The van der Waals surface area contributed by atoms with Crippen LogP contribution in [0.5, 0.6) is 0 Å². The van der Waals surface area contributed by atoms with Crippen LogP contribution < -0.4 is 5.32 Å². The van der Waals surface area contributed by atoms with Gasteiger partial charge in [0.2, 0.25) is 0 Å². The number of nitrogens with one attached hydrogen (secondary N) is 1. The molecule has 0 aliphatic carbocycles. The highest BCUT2D eigenvalue weighted by molar-refractivity contribution is 7.92. The van der Waals surface area contributed by atoms with Gasteiger partial charge >= 0.3 is 0 Å². The predicted octanol–water partition coefficient (Wildman–Crippen LogP) is 0.0889. The number of hydrogen-bond donors (Lipinski definition) is 1. The summed E-state index contributed by atoms with van der Waals surface area (Å²) in [7, 11) is -3.40. The smallest absolute Gasteiger partial charge is 0.199 e. The zero-order valence-corrected chi connectivity index (χ0v) is 9.37. The highest BCUT2D eigenvalue weighted by Gasteiger charge is 2.31. The molecule has 84 valence electrons.